The van der Waals surface area contributed by atoms with Gasteiger partial charge in [0.1, 0.15) is 24.1 Å². The number of carboxylic acids is 1. The molecule has 1 unspecified atom stereocenters. The van der Waals surface area contributed by atoms with Crippen molar-refractivity contribution < 1.29 is 19.5 Å². The zero-order chi connectivity index (χ0) is 27.5. The van der Waals surface area contributed by atoms with Crippen molar-refractivity contribution in [2.24, 2.45) is 5.92 Å². The highest BCUT2D eigenvalue weighted by molar-refractivity contribution is 7.68. The molecular weight excluding hydrogens is 509 g/mol. The summed E-state index contributed by atoms with van der Waals surface area (Å²) in [5, 5.41) is 17.7. The fourth-order valence-electron chi connectivity index (χ4n) is 5.52. The molecule has 2 aromatic carbocycles. The van der Waals surface area contributed by atoms with Crippen molar-refractivity contribution >= 4 is 24.5 Å². The van der Waals surface area contributed by atoms with Gasteiger partial charge >= 0.3 is 5.97 Å². The van der Waals surface area contributed by atoms with Crippen LogP contribution in [0, 0.1) is 5.92 Å². The minimum Gasteiger partial charge on any atom is -0.494 e. The topological polar surface area (TPSA) is 107 Å². The first kappa shape index (κ1) is 29.5. The van der Waals surface area contributed by atoms with Crippen LogP contribution in [0.15, 0.2) is 54.6 Å². The number of carbonyl (C=O) groups is 1. The number of benzene rings is 2. The molecule has 212 valence electrons. The first-order valence-electron chi connectivity index (χ1n) is 14.5. The van der Waals surface area contributed by atoms with E-state index in [0.29, 0.717) is 31.8 Å². The average Bonchev–Trinajstić information content (AvgIpc) is 3.36. The summed E-state index contributed by atoms with van der Waals surface area (Å²) in [4.78, 5) is 27.1. The quantitative estimate of drug-likeness (QED) is 0.113. The number of fused-ring (bicyclic) bond motifs is 1. The fourth-order valence-corrected chi connectivity index (χ4v) is 8.13. The second-order valence-electron chi connectivity index (χ2n) is 10.9. The largest absolute Gasteiger partial charge is 0.494 e. The highest BCUT2D eigenvalue weighted by Gasteiger charge is 2.39. The van der Waals surface area contributed by atoms with Gasteiger partial charge < -0.3 is 20.1 Å². The summed E-state index contributed by atoms with van der Waals surface area (Å²) in [6, 6.07) is 17.1. The lowest BCUT2D eigenvalue weighted by molar-refractivity contribution is -0.139. The minimum absolute atomic E-state index is 0.310. The maximum Gasteiger partial charge on any atom is 0.324 e. The first-order valence-corrected chi connectivity index (χ1v) is 16.6. The third-order valence-electron chi connectivity index (χ3n) is 7.72. The van der Waals surface area contributed by atoms with Crippen LogP contribution in [0.1, 0.15) is 56.7 Å². The molecule has 8 heteroatoms. The van der Waals surface area contributed by atoms with Crippen LogP contribution in [0.3, 0.4) is 0 Å². The molecule has 1 aliphatic rings. The number of aromatic nitrogens is 1. The van der Waals surface area contributed by atoms with Crippen LogP contribution < -0.4 is 15.1 Å². The fraction of sp³-hybridized carbons (Fsp3) is 0.516. The van der Waals surface area contributed by atoms with E-state index in [9.17, 15) is 14.8 Å². The third kappa shape index (κ3) is 9.32. The van der Waals surface area contributed by atoms with E-state index in [2.05, 4.69) is 27.5 Å². The number of ether oxygens (including phenoxy) is 1. The molecular formula is C31H45N3O4P+. The van der Waals surface area contributed by atoms with E-state index in [1.165, 1.54) is 25.7 Å². The van der Waals surface area contributed by atoms with Crippen molar-refractivity contribution in [3.05, 3.63) is 65.9 Å². The van der Waals surface area contributed by atoms with Crippen LogP contribution in [0.5, 0.6) is 5.75 Å². The molecule has 5 N–H and O–H groups in total. The molecule has 39 heavy (non-hydrogen) atoms. The molecule has 1 aromatic heterocycles. The smallest absolute Gasteiger partial charge is 0.324 e. The van der Waals surface area contributed by atoms with Gasteiger partial charge in [-0.2, -0.15) is 5.09 Å². The molecule has 3 aromatic rings. The second kappa shape index (κ2) is 14.8. The van der Waals surface area contributed by atoms with Gasteiger partial charge in [0, 0.05) is 24.1 Å². The molecule has 1 saturated heterocycles. The van der Waals surface area contributed by atoms with Crippen molar-refractivity contribution in [3.63, 3.8) is 0 Å². The van der Waals surface area contributed by atoms with Crippen LogP contribution in [0.2, 0.25) is 0 Å². The predicted octanol–water partition coefficient (Wildman–Crippen LogP) is 5.79. The van der Waals surface area contributed by atoms with E-state index in [1.807, 2.05) is 49.4 Å². The van der Waals surface area contributed by atoms with Gasteiger partial charge in [0.25, 0.3) is 0 Å². The number of hydrogen-bond donors (Lipinski definition) is 5. The van der Waals surface area contributed by atoms with Gasteiger partial charge in [-0.05, 0) is 86.3 Å². The summed E-state index contributed by atoms with van der Waals surface area (Å²) in [5.41, 5.74) is 3.04. The van der Waals surface area contributed by atoms with Crippen molar-refractivity contribution in [1.82, 2.24) is 15.4 Å². The number of piperidine rings is 1. The molecule has 0 radical (unpaired) electrons. The minimum atomic E-state index is -2.65. The highest BCUT2D eigenvalue weighted by Crippen LogP contribution is 2.51. The van der Waals surface area contributed by atoms with Crippen LogP contribution >= 0.6 is 7.64 Å². The summed E-state index contributed by atoms with van der Waals surface area (Å²) >= 11 is 0. The maximum absolute atomic E-state index is 12.2. The normalized spacial score (nSPS) is 16.7. The summed E-state index contributed by atoms with van der Waals surface area (Å²) in [7, 11) is -2.65. The lowest BCUT2D eigenvalue weighted by Crippen LogP contribution is -2.40. The van der Waals surface area contributed by atoms with Crippen molar-refractivity contribution in [2.45, 2.75) is 64.3 Å². The Balaban J connectivity index is 1.26. The van der Waals surface area contributed by atoms with Gasteiger partial charge in [0.2, 0.25) is 7.64 Å². The van der Waals surface area contributed by atoms with Crippen molar-refractivity contribution in [3.8, 4) is 5.75 Å². The standard InChI is InChI=1S/C31H44N3O4P/c1-2-20-39(37,21-16-27-23-26-8-3-4-9-29(26)33-27)34-30(31(35)36)22-25-10-12-28(13-11-25)38-19-6-5-7-24-14-17-32-18-15-24/h3-4,8-13,23-24,30,32-34,37H,2,5-7,14-22H2,1H3/p+1/t30-,39?/m0/s1. The van der Waals surface area contributed by atoms with E-state index < -0.39 is 19.7 Å². The molecule has 0 amide bonds. The summed E-state index contributed by atoms with van der Waals surface area (Å²) in [5.74, 6) is 0.727. The number of H-pyrrole nitrogens is 1. The van der Waals surface area contributed by atoms with Crippen LogP contribution in [0.4, 0.5) is 0 Å². The third-order valence-corrected chi connectivity index (χ3v) is 10.7. The summed E-state index contributed by atoms with van der Waals surface area (Å²) in [6.07, 6.45) is 8.98. The summed E-state index contributed by atoms with van der Waals surface area (Å²) in [6.45, 7) is 5.03. The van der Waals surface area contributed by atoms with E-state index in [1.54, 1.807) is 0 Å². The van der Waals surface area contributed by atoms with Gasteiger partial charge in [0.05, 0.1) is 6.61 Å². The molecule has 2 atom stereocenters. The van der Waals surface area contributed by atoms with Crippen LogP contribution in [-0.2, 0) is 17.6 Å². The number of aliphatic carboxylic acids is 1. The number of rotatable bonds is 16. The number of hydrogen-bond acceptors (Lipinski definition) is 5. The maximum atomic E-state index is 12.2. The molecule has 7 nitrogen and oxygen atoms in total. The Bertz CT molecular complexity index is 1130. The van der Waals surface area contributed by atoms with Gasteiger partial charge in [-0.15, -0.1) is 0 Å². The predicted molar refractivity (Wildman–Crippen MR) is 161 cm³/mol. The van der Waals surface area contributed by atoms with Crippen molar-refractivity contribution in [1.29, 1.82) is 0 Å². The molecule has 4 rings (SSSR count). The monoisotopic (exact) mass is 554 g/mol. The molecule has 0 saturated carbocycles. The van der Waals surface area contributed by atoms with E-state index in [4.69, 9.17) is 4.74 Å². The van der Waals surface area contributed by atoms with E-state index in [0.717, 1.165) is 59.8 Å². The lowest BCUT2D eigenvalue weighted by Gasteiger charge is -2.24. The molecule has 0 spiro atoms. The van der Waals surface area contributed by atoms with Crippen LogP contribution in [0.25, 0.3) is 10.9 Å². The van der Waals surface area contributed by atoms with Gasteiger partial charge in [-0.1, -0.05) is 43.7 Å². The zero-order valence-electron chi connectivity index (χ0n) is 23.2. The Kier molecular flexibility index (Phi) is 11.2. The highest BCUT2D eigenvalue weighted by atomic mass is 31.2. The number of aryl methyl sites for hydroxylation is 1. The SMILES string of the molecule is CCC[P+](O)(CCc1cc2ccccc2[nH]1)N[C@@H](Cc1ccc(OCCCCC2CCNCC2)cc1)C(=O)O. The zero-order valence-corrected chi connectivity index (χ0v) is 24.1. The van der Waals surface area contributed by atoms with E-state index >= 15 is 0 Å². The first-order chi connectivity index (χ1) is 18.9. The van der Waals surface area contributed by atoms with Crippen LogP contribution in [-0.4, -0.2) is 59.0 Å². The Morgan fingerprint density at radius 1 is 1.10 bits per heavy atom. The molecule has 1 fully saturated rings. The van der Waals surface area contributed by atoms with Gasteiger partial charge in [-0.25, -0.2) is 4.89 Å². The Labute approximate surface area is 233 Å². The molecule has 2 heterocycles. The number of aromatic amines is 1. The molecule has 0 bridgehead atoms. The Morgan fingerprint density at radius 3 is 2.59 bits per heavy atom. The second-order valence-corrected chi connectivity index (χ2v) is 13.9. The number of para-hydroxylation sites is 1. The number of nitrogens with one attached hydrogen (secondary N) is 3. The van der Waals surface area contributed by atoms with Gasteiger partial charge in [-0.3, -0.25) is 4.79 Å². The lowest BCUT2D eigenvalue weighted by atomic mass is 9.93. The summed E-state index contributed by atoms with van der Waals surface area (Å²) < 4.78 is 5.93. The number of unbranched alkanes of at least 4 members (excludes halogenated alkanes) is 1. The van der Waals surface area contributed by atoms with Crippen molar-refractivity contribution in [2.75, 3.05) is 32.0 Å². The van der Waals surface area contributed by atoms with E-state index in [-0.39, 0.29) is 0 Å². The Hall–Kier alpha value is -2.44. The molecule has 0 aliphatic carbocycles. The average molecular weight is 555 g/mol. The Morgan fingerprint density at radius 2 is 1.87 bits per heavy atom. The van der Waals surface area contributed by atoms with Gasteiger partial charge in [0.15, 0.2) is 0 Å². The number of carboxylic acid groups (broad SMARTS) is 1. The molecule has 1 aliphatic heterocycles.